The molecule has 0 spiro atoms. The lowest BCUT2D eigenvalue weighted by molar-refractivity contribution is -0.128. The van der Waals surface area contributed by atoms with E-state index >= 15 is 0 Å². The van der Waals surface area contributed by atoms with Crippen molar-refractivity contribution in [2.45, 2.75) is 12.5 Å². The van der Waals surface area contributed by atoms with Gasteiger partial charge in [-0.1, -0.05) is 36.9 Å². The minimum Gasteiger partial charge on any atom is -0.344 e. The average molecular weight is 230 g/mol. The zero-order chi connectivity index (χ0) is 12.3. The molecule has 2 rings (SSSR count). The van der Waals surface area contributed by atoms with Gasteiger partial charge in [-0.05, 0) is 17.6 Å². The Balaban J connectivity index is 1.87. The third kappa shape index (κ3) is 2.74. The fourth-order valence-corrected chi connectivity index (χ4v) is 2.03. The minimum absolute atomic E-state index is 0.0412. The Morgan fingerprint density at radius 2 is 2.18 bits per heavy atom. The fourth-order valence-electron chi connectivity index (χ4n) is 2.03. The highest BCUT2D eigenvalue weighted by atomic mass is 16.2. The smallest absolute Gasteiger partial charge is 0.239 e. The van der Waals surface area contributed by atoms with E-state index in [4.69, 9.17) is 0 Å². The van der Waals surface area contributed by atoms with E-state index in [0.717, 1.165) is 24.1 Å². The molecular formula is C14H18N2O. The molecule has 1 aromatic carbocycles. The van der Waals surface area contributed by atoms with Crippen LogP contribution in [0.4, 0.5) is 0 Å². The Kier molecular flexibility index (Phi) is 3.59. The number of likely N-dealkylation sites (N-methyl/N-ethyl adjacent to an activating group) is 1. The number of rotatable bonds is 4. The van der Waals surface area contributed by atoms with E-state index in [2.05, 4.69) is 11.9 Å². The lowest BCUT2D eigenvalue weighted by Crippen LogP contribution is -2.37. The van der Waals surface area contributed by atoms with E-state index < -0.39 is 0 Å². The SMILES string of the molecule is C=C(CNC1CCN(C)C1=O)c1ccccc1. The molecule has 0 bridgehead atoms. The van der Waals surface area contributed by atoms with Gasteiger partial charge in [-0.15, -0.1) is 0 Å². The van der Waals surface area contributed by atoms with Crippen LogP contribution in [-0.2, 0) is 4.79 Å². The van der Waals surface area contributed by atoms with Crippen molar-refractivity contribution in [1.29, 1.82) is 0 Å². The molecule has 0 aromatic heterocycles. The fraction of sp³-hybridized carbons (Fsp3) is 0.357. The van der Waals surface area contributed by atoms with Gasteiger partial charge in [0.15, 0.2) is 0 Å². The Bertz CT molecular complexity index is 413. The van der Waals surface area contributed by atoms with E-state index in [0.29, 0.717) is 6.54 Å². The lowest BCUT2D eigenvalue weighted by atomic mass is 10.1. The predicted molar refractivity (Wildman–Crippen MR) is 69.5 cm³/mol. The summed E-state index contributed by atoms with van der Waals surface area (Å²) in [4.78, 5) is 13.5. The third-order valence-corrected chi connectivity index (χ3v) is 3.17. The van der Waals surface area contributed by atoms with Gasteiger partial charge in [-0.2, -0.15) is 0 Å². The summed E-state index contributed by atoms with van der Waals surface area (Å²) < 4.78 is 0. The monoisotopic (exact) mass is 230 g/mol. The van der Waals surface area contributed by atoms with Gasteiger partial charge in [-0.3, -0.25) is 4.79 Å². The van der Waals surface area contributed by atoms with Crippen LogP contribution < -0.4 is 5.32 Å². The molecule has 0 saturated carbocycles. The number of carbonyl (C=O) groups is 1. The highest BCUT2D eigenvalue weighted by molar-refractivity contribution is 5.84. The van der Waals surface area contributed by atoms with Crippen LogP contribution in [0.25, 0.3) is 5.57 Å². The lowest BCUT2D eigenvalue weighted by Gasteiger charge is -2.13. The molecule has 1 atom stereocenters. The van der Waals surface area contributed by atoms with Crippen LogP contribution in [0, 0.1) is 0 Å². The van der Waals surface area contributed by atoms with Gasteiger partial charge in [0.2, 0.25) is 5.91 Å². The largest absolute Gasteiger partial charge is 0.344 e. The molecule has 1 amide bonds. The summed E-state index contributed by atoms with van der Waals surface area (Å²) in [6.07, 6.45) is 0.886. The third-order valence-electron chi connectivity index (χ3n) is 3.17. The van der Waals surface area contributed by atoms with Gasteiger partial charge in [0, 0.05) is 20.1 Å². The van der Waals surface area contributed by atoms with Crippen molar-refractivity contribution in [1.82, 2.24) is 10.2 Å². The number of amides is 1. The van der Waals surface area contributed by atoms with Crippen molar-refractivity contribution in [3.8, 4) is 0 Å². The van der Waals surface area contributed by atoms with Crippen molar-refractivity contribution in [3.05, 3.63) is 42.5 Å². The van der Waals surface area contributed by atoms with Crippen LogP contribution in [0.1, 0.15) is 12.0 Å². The Labute approximate surface area is 102 Å². The minimum atomic E-state index is -0.0412. The number of likely N-dealkylation sites (tertiary alicyclic amines) is 1. The molecule has 3 nitrogen and oxygen atoms in total. The number of benzene rings is 1. The number of hydrogen-bond acceptors (Lipinski definition) is 2. The molecule has 1 N–H and O–H groups in total. The maximum absolute atomic E-state index is 11.7. The van der Waals surface area contributed by atoms with E-state index in [1.807, 2.05) is 37.4 Å². The number of nitrogens with zero attached hydrogens (tertiary/aromatic N) is 1. The topological polar surface area (TPSA) is 32.3 Å². The highest BCUT2D eigenvalue weighted by Crippen LogP contribution is 2.13. The molecule has 1 aromatic rings. The quantitative estimate of drug-likeness (QED) is 0.850. The molecular weight excluding hydrogens is 212 g/mol. The van der Waals surface area contributed by atoms with Gasteiger partial charge in [0.1, 0.15) is 0 Å². The molecule has 1 heterocycles. The molecule has 1 fully saturated rings. The first kappa shape index (κ1) is 11.9. The standard InChI is InChI=1S/C14H18N2O/c1-11(12-6-4-3-5-7-12)10-15-13-8-9-16(2)14(13)17/h3-7,13,15H,1,8-10H2,2H3. The second kappa shape index (κ2) is 5.15. The zero-order valence-electron chi connectivity index (χ0n) is 10.1. The van der Waals surface area contributed by atoms with Crippen LogP contribution in [0.15, 0.2) is 36.9 Å². The van der Waals surface area contributed by atoms with Crippen LogP contribution in [0.2, 0.25) is 0 Å². The van der Waals surface area contributed by atoms with Gasteiger partial charge in [0.25, 0.3) is 0 Å². The van der Waals surface area contributed by atoms with Crippen molar-refractivity contribution in [2.24, 2.45) is 0 Å². The van der Waals surface area contributed by atoms with Crippen molar-refractivity contribution >= 4 is 11.5 Å². The summed E-state index contributed by atoms with van der Waals surface area (Å²) >= 11 is 0. The Morgan fingerprint density at radius 3 is 2.76 bits per heavy atom. The van der Waals surface area contributed by atoms with Gasteiger partial charge < -0.3 is 10.2 Å². The van der Waals surface area contributed by atoms with E-state index in [1.54, 1.807) is 4.90 Å². The zero-order valence-corrected chi connectivity index (χ0v) is 10.1. The van der Waals surface area contributed by atoms with Gasteiger partial charge >= 0.3 is 0 Å². The molecule has 3 heteroatoms. The summed E-state index contributed by atoms with van der Waals surface area (Å²) in [6, 6.07) is 10.0. The molecule has 90 valence electrons. The van der Waals surface area contributed by atoms with E-state index in [9.17, 15) is 4.79 Å². The van der Waals surface area contributed by atoms with E-state index in [1.165, 1.54) is 0 Å². The Morgan fingerprint density at radius 1 is 1.47 bits per heavy atom. The van der Waals surface area contributed by atoms with Crippen molar-refractivity contribution < 1.29 is 4.79 Å². The summed E-state index contributed by atoms with van der Waals surface area (Å²) in [5.74, 6) is 0.186. The summed E-state index contributed by atoms with van der Waals surface area (Å²) in [5, 5.41) is 3.27. The normalized spacial score (nSPS) is 19.7. The molecule has 1 aliphatic rings. The molecule has 0 aliphatic carbocycles. The van der Waals surface area contributed by atoms with Gasteiger partial charge in [-0.25, -0.2) is 0 Å². The molecule has 1 saturated heterocycles. The van der Waals surface area contributed by atoms with Gasteiger partial charge in [0.05, 0.1) is 6.04 Å². The highest BCUT2D eigenvalue weighted by Gasteiger charge is 2.28. The molecule has 1 aliphatic heterocycles. The number of carbonyl (C=O) groups excluding carboxylic acids is 1. The summed E-state index contributed by atoms with van der Waals surface area (Å²) in [5.41, 5.74) is 2.15. The second-order valence-electron chi connectivity index (χ2n) is 4.45. The van der Waals surface area contributed by atoms with Crippen LogP contribution in [-0.4, -0.2) is 37.0 Å². The van der Waals surface area contributed by atoms with Crippen molar-refractivity contribution in [3.63, 3.8) is 0 Å². The molecule has 1 unspecified atom stereocenters. The average Bonchev–Trinajstić information content (AvgIpc) is 2.68. The van der Waals surface area contributed by atoms with Crippen LogP contribution in [0.5, 0.6) is 0 Å². The second-order valence-corrected chi connectivity index (χ2v) is 4.45. The molecule has 0 radical (unpaired) electrons. The first-order valence-electron chi connectivity index (χ1n) is 5.90. The maximum Gasteiger partial charge on any atom is 0.239 e. The van der Waals surface area contributed by atoms with Crippen LogP contribution >= 0.6 is 0 Å². The number of hydrogen-bond donors (Lipinski definition) is 1. The van der Waals surface area contributed by atoms with Crippen LogP contribution in [0.3, 0.4) is 0 Å². The van der Waals surface area contributed by atoms with Crippen molar-refractivity contribution in [2.75, 3.05) is 20.1 Å². The van der Waals surface area contributed by atoms with E-state index in [-0.39, 0.29) is 11.9 Å². The summed E-state index contributed by atoms with van der Waals surface area (Å²) in [6.45, 7) is 5.55. The summed E-state index contributed by atoms with van der Waals surface area (Å²) in [7, 11) is 1.84. The Hall–Kier alpha value is -1.61. The number of nitrogens with one attached hydrogen (secondary N) is 1. The first-order valence-corrected chi connectivity index (χ1v) is 5.90. The first-order chi connectivity index (χ1) is 8.18. The predicted octanol–water partition coefficient (Wildman–Crippen LogP) is 1.52. The maximum atomic E-state index is 11.7. The molecule has 17 heavy (non-hydrogen) atoms.